The van der Waals surface area contributed by atoms with E-state index in [1.54, 1.807) is 35.6 Å². The Morgan fingerprint density at radius 2 is 2.17 bits per heavy atom. The summed E-state index contributed by atoms with van der Waals surface area (Å²) in [6.45, 7) is 0.0996. The fourth-order valence-corrected chi connectivity index (χ4v) is 3.04. The molecular weight excluding hydrogens is 371 g/mol. The Kier molecular flexibility index (Phi) is 5.40. The number of carbonyl (C=O) groups is 1. The van der Waals surface area contributed by atoms with Gasteiger partial charge in [-0.3, -0.25) is 4.79 Å². The van der Waals surface area contributed by atoms with Gasteiger partial charge in [-0.2, -0.15) is 0 Å². The molecule has 5 nitrogen and oxygen atoms in total. The van der Waals surface area contributed by atoms with Gasteiger partial charge < -0.3 is 14.6 Å². The summed E-state index contributed by atoms with van der Waals surface area (Å²) < 4.78 is 10.6. The minimum absolute atomic E-state index is 0.156. The van der Waals surface area contributed by atoms with Crippen molar-refractivity contribution in [3.05, 3.63) is 57.5 Å². The molecule has 3 aromatic rings. The number of nitrogens with one attached hydrogen (secondary N) is 1. The van der Waals surface area contributed by atoms with Crippen LogP contribution in [0.15, 0.2) is 46.3 Å². The van der Waals surface area contributed by atoms with Gasteiger partial charge in [-0.15, -0.1) is 11.3 Å². The van der Waals surface area contributed by atoms with Gasteiger partial charge in [-0.25, -0.2) is 0 Å². The molecule has 2 heterocycles. The van der Waals surface area contributed by atoms with Crippen molar-refractivity contribution in [2.45, 2.75) is 6.54 Å². The van der Waals surface area contributed by atoms with Crippen LogP contribution < -0.4 is 10.1 Å². The van der Waals surface area contributed by atoms with Crippen LogP contribution in [0.1, 0.15) is 5.69 Å². The van der Waals surface area contributed by atoms with E-state index in [2.05, 4.69) is 10.5 Å². The maximum Gasteiger partial charge on any atom is 0.258 e. The molecule has 0 aliphatic rings. The Balaban J connectivity index is 1.49. The summed E-state index contributed by atoms with van der Waals surface area (Å²) in [5, 5.41) is 9.45. The van der Waals surface area contributed by atoms with Crippen LogP contribution in [0, 0.1) is 0 Å². The maximum absolute atomic E-state index is 11.8. The minimum Gasteiger partial charge on any atom is -0.482 e. The van der Waals surface area contributed by atoms with Crippen molar-refractivity contribution in [1.82, 2.24) is 10.5 Å². The number of hydrogen-bond donors (Lipinski definition) is 1. The second-order valence-electron chi connectivity index (χ2n) is 4.80. The maximum atomic E-state index is 11.8. The lowest BCUT2D eigenvalue weighted by molar-refractivity contribution is -0.123. The van der Waals surface area contributed by atoms with Crippen LogP contribution in [0.3, 0.4) is 0 Å². The van der Waals surface area contributed by atoms with E-state index in [-0.39, 0.29) is 19.1 Å². The van der Waals surface area contributed by atoms with Crippen molar-refractivity contribution in [1.29, 1.82) is 0 Å². The van der Waals surface area contributed by atoms with E-state index in [1.807, 2.05) is 17.5 Å². The van der Waals surface area contributed by atoms with E-state index >= 15 is 0 Å². The third kappa shape index (κ3) is 4.29. The molecule has 0 bridgehead atoms. The van der Waals surface area contributed by atoms with E-state index in [9.17, 15) is 4.79 Å². The zero-order valence-corrected chi connectivity index (χ0v) is 14.6. The summed E-state index contributed by atoms with van der Waals surface area (Å²) in [5.74, 6) is 0.790. The normalized spacial score (nSPS) is 10.6. The Bertz CT molecular complexity index is 834. The molecule has 1 amide bonds. The first-order chi connectivity index (χ1) is 11.6. The number of nitrogens with zero attached hydrogens (tertiary/aromatic N) is 1. The van der Waals surface area contributed by atoms with Gasteiger partial charge >= 0.3 is 0 Å². The average Bonchev–Trinajstić information content (AvgIpc) is 3.23. The van der Waals surface area contributed by atoms with Crippen LogP contribution in [-0.2, 0) is 11.3 Å². The fraction of sp³-hybridized carbons (Fsp3) is 0.125. The molecule has 0 atom stereocenters. The average molecular weight is 383 g/mol. The fourth-order valence-electron chi connectivity index (χ4n) is 1.91. The highest BCUT2D eigenvalue weighted by atomic mass is 35.5. The second kappa shape index (κ2) is 7.70. The number of hydrogen-bond acceptors (Lipinski definition) is 5. The van der Waals surface area contributed by atoms with Crippen molar-refractivity contribution in [3.63, 3.8) is 0 Å². The molecule has 0 radical (unpaired) electrons. The summed E-state index contributed by atoms with van der Waals surface area (Å²) in [6, 6.07) is 10.5. The Labute approximate surface area is 152 Å². The Morgan fingerprint density at radius 3 is 2.92 bits per heavy atom. The number of amides is 1. The first-order valence-corrected chi connectivity index (χ1v) is 8.59. The summed E-state index contributed by atoms with van der Waals surface area (Å²) >= 11 is 13.3. The molecule has 0 unspecified atom stereocenters. The largest absolute Gasteiger partial charge is 0.482 e. The lowest BCUT2D eigenvalue weighted by atomic mass is 10.3. The third-order valence-corrected chi connectivity index (χ3v) is 4.46. The van der Waals surface area contributed by atoms with Gasteiger partial charge in [0.15, 0.2) is 12.4 Å². The van der Waals surface area contributed by atoms with Crippen LogP contribution in [0.25, 0.3) is 10.6 Å². The van der Waals surface area contributed by atoms with Crippen LogP contribution in [0.2, 0.25) is 10.0 Å². The number of halogens is 2. The first-order valence-electron chi connectivity index (χ1n) is 6.96. The van der Waals surface area contributed by atoms with Crippen molar-refractivity contribution < 1.29 is 14.1 Å². The number of rotatable bonds is 6. The molecular formula is C16H12Cl2N2O3S. The van der Waals surface area contributed by atoms with Crippen LogP contribution in [0.5, 0.6) is 5.75 Å². The van der Waals surface area contributed by atoms with Gasteiger partial charge in [-0.1, -0.05) is 34.4 Å². The van der Waals surface area contributed by atoms with Gasteiger partial charge in [-0.05, 0) is 29.6 Å². The van der Waals surface area contributed by atoms with Gasteiger partial charge in [0.2, 0.25) is 0 Å². The predicted molar refractivity (Wildman–Crippen MR) is 93.6 cm³/mol. The monoisotopic (exact) mass is 382 g/mol. The zero-order valence-electron chi connectivity index (χ0n) is 12.3. The topological polar surface area (TPSA) is 64.4 Å². The summed E-state index contributed by atoms with van der Waals surface area (Å²) in [4.78, 5) is 12.8. The number of benzene rings is 1. The first kappa shape index (κ1) is 16.8. The van der Waals surface area contributed by atoms with E-state index in [1.165, 1.54) is 0 Å². The van der Waals surface area contributed by atoms with Crippen LogP contribution in [0.4, 0.5) is 0 Å². The van der Waals surface area contributed by atoms with Crippen molar-refractivity contribution in [2.24, 2.45) is 0 Å². The SMILES string of the molecule is O=C(COc1ccc(Cl)cc1Cl)NCc1cc(-c2cccs2)on1. The van der Waals surface area contributed by atoms with E-state index in [0.29, 0.717) is 27.2 Å². The summed E-state index contributed by atoms with van der Waals surface area (Å²) in [7, 11) is 0. The molecule has 0 aliphatic heterocycles. The molecule has 1 aromatic carbocycles. The molecule has 0 spiro atoms. The van der Waals surface area contributed by atoms with Gasteiger partial charge in [0, 0.05) is 11.1 Å². The molecule has 0 saturated heterocycles. The van der Waals surface area contributed by atoms with E-state index in [0.717, 1.165) is 4.88 Å². The molecule has 124 valence electrons. The minimum atomic E-state index is -0.290. The summed E-state index contributed by atoms with van der Waals surface area (Å²) in [6.07, 6.45) is 0. The Morgan fingerprint density at radius 1 is 1.29 bits per heavy atom. The Hall–Kier alpha value is -2.02. The quantitative estimate of drug-likeness (QED) is 0.685. The standard InChI is InChI=1S/C16H12Cl2N2O3S/c17-10-3-4-13(12(18)6-10)22-9-16(21)19-8-11-7-14(23-20-11)15-2-1-5-24-15/h1-7H,8-9H2,(H,19,21). The highest BCUT2D eigenvalue weighted by molar-refractivity contribution is 7.13. The van der Waals surface area contributed by atoms with E-state index < -0.39 is 0 Å². The third-order valence-electron chi connectivity index (χ3n) is 3.04. The van der Waals surface area contributed by atoms with Crippen molar-refractivity contribution in [3.8, 4) is 16.4 Å². The number of thiophene rings is 1. The molecule has 0 aliphatic carbocycles. The van der Waals surface area contributed by atoms with Gasteiger partial charge in [0.1, 0.15) is 11.4 Å². The highest BCUT2D eigenvalue weighted by Crippen LogP contribution is 2.27. The highest BCUT2D eigenvalue weighted by Gasteiger charge is 2.10. The molecule has 2 aromatic heterocycles. The second-order valence-corrected chi connectivity index (χ2v) is 6.59. The summed E-state index contributed by atoms with van der Waals surface area (Å²) in [5.41, 5.74) is 0.635. The molecule has 3 rings (SSSR count). The smallest absolute Gasteiger partial charge is 0.258 e. The lowest BCUT2D eigenvalue weighted by Gasteiger charge is -2.08. The van der Waals surface area contributed by atoms with Gasteiger partial charge in [0.05, 0.1) is 16.4 Å². The predicted octanol–water partition coefficient (Wildman–Crippen LogP) is 4.41. The van der Waals surface area contributed by atoms with Crippen LogP contribution in [-0.4, -0.2) is 17.7 Å². The molecule has 8 heteroatoms. The van der Waals surface area contributed by atoms with Gasteiger partial charge in [0.25, 0.3) is 5.91 Å². The number of ether oxygens (including phenoxy) is 1. The number of aromatic nitrogens is 1. The molecule has 24 heavy (non-hydrogen) atoms. The lowest BCUT2D eigenvalue weighted by Crippen LogP contribution is -2.28. The van der Waals surface area contributed by atoms with Crippen molar-refractivity contribution >= 4 is 40.4 Å². The molecule has 0 saturated carbocycles. The molecule has 1 N–H and O–H groups in total. The molecule has 0 fully saturated rings. The number of carbonyl (C=O) groups excluding carboxylic acids is 1. The van der Waals surface area contributed by atoms with Crippen LogP contribution >= 0.6 is 34.5 Å². The zero-order chi connectivity index (χ0) is 16.9. The van der Waals surface area contributed by atoms with Crippen molar-refractivity contribution in [2.75, 3.05) is 6.61 Å². The van der Waals surface area contributed by atoms with E-state index in [4.69, 9.17) is 32.5 Å².